The van der Waals surface area contributed by atoms with Crippen LogP contribution in [0.5, 0.6) is 5.75 Å². The molecule has 0 N–H and O–H groups in total. The normalized spacial score (nSPS) is 10.5. The van der Waals surface area contributed by atoms with E-state index in [0.29, 0.717) is 11.3 Å². The van der Waals surface area contributed by atoms with E-state index in [1.807, 2.05) is 6.92 Å². The van der Waals surface area contributed by atoms with Crippen LogP contribution in [0.25, 0.3) is 0 Å². The van der Waals surface area contributed by atoms with E-state index < -0.39 is 16.4 Å². The van der Waals surface area contributed by atoms with Crippen LogP contribution in [-0.4, -0.2) is 14.7 Å². The molecule has 0 saturated heterocycles. The Balaban J connectivity index is 1.99. The number of ether oxygens (including phenoxy) is 1. The fourth-order valence-corrected chi connectivity index (χ4v) is 1.73. The molecule has 1 heterocycles. The lowest BCUT2D eigenvalue weighted by Crippen LogP contribution is -1.98. The third-order valence-electron chi connectivity index (χ3n) is 2.68. The standard InChI is InChI=1S/C13H14FN3O3/c1-2-5-16-8-11(7-15-16)20-9-10-3-4-13(17(18)19)12(14)6-10/h3-4,6-8H,2,5,9H2,1H3. The maximum atomic E-state index is 13.4. The summed E-state index contributed by atoms with van der Waals surface area (Å²) >= 11 is 0. The van der Waals surface area contributed by atoms with Gasteiger partial charge in [-0.2, -0.15) is 9.49 Å². The van der Waals surface area contributed by atoms with Gasteiger partial charge in [0.15, 0.2) is 5.75 Å². The molecule has 0 spiro atoms. The Morgan fingerprint density at radius 2 is 2.30 bits per heavy atom. The number of nitrogens with zero attached hydrogens (tertiary/aromatic N) is 3. The highest BCUT2D eigenvalue weighted by atomic mass is 19.1. The highest BCUT2D eigenvalue weighted by Crippen LogP contribution is 2.19. The Morgan fingerprint density at radius 1 is 1.50 bits per heavy atom. The molecule has 0 saturated carbocycles. The first-order chi connectivity index (χ1) is 9.60. The fraction of sp³-hybridized carbons (Fsp3) is 0.308. The van der Waals surface area contributed by atoms with E-state index in [9.17, 15) is 14.5 Å². The number of aryl methyl sites for hydroxylation is 1. The van der Waals surface area contributed by atoms with Crippen LogP contribution in [0, 0.1) is 15.9 Å². The number of nitro groups is 1. The zero-order chi connectivity index (χ0) is 14.5. The van der Waals surface area contributed by atoms with Gasteiger partial charge in [-0.25, -0.2) is 0 Å². The summed E-state index contributed by atoms with van der Waals surface area (Å²) in [6, 6.07) is 3.71. The second-order valence-corrected chi connectivity index (χ2v) is 4.27. The number of hydrogen-bond acceptors (Lipinski definition) is 4. The first-order valence-corrected chi connectivity index (χ1v) is 6.18. The van der Waals surface area contributed by atoms with Crippen LogP contribution in [0.1, 0.15) is 18.9 Å². The molecule has 6 nitrogen and oxygen atoms in total. The van der Waals surface area contributed by atoms with Gasteiger partial charge in [-0.3, -0.25) is 14.8 Å². The predicted molar refractivity (Wildman–Crippen MR) is 69.9 cm³/mol. The summed E-state index contributed by atoms with van der Waals surface area (Å²) in [5, 5.41) is 14.6. The van der Waals surface area contributed by atoms with Gasteiger partial charge in [0.25, 0.3) is 0 Å². The molecule has 1 aromatic heterocycles. The number of hydrogen-bond donors (Lipinski definition) is 0. The Bertz CT molecular complexity index is 613. The van der Waals surface area contributed by atoms with E-state index in [-0.39, 0.29) is 6.61 Å². The first kappa shape index (κ1) is 14.0. The van der Waals surface area contributed by atoms with Crippen LogP contribution < -0.4 is 4.74 Å². The molecule has 20 heavy (non-hydrogen) atoms. The summed E-state index contributed by atoms with van der Waals surface area (Å²) in [5.41, 5.74) is -0.0131. The van der Waals surface area contributed by atoms with Crippen LogP contribution >= 0.6 is 0 Å². The predicted octanol–water partition coefficient (Wildman–Crippen LogP) is 2.92. The highest BCUT2D eigenvalue weighted by Gasteiger charge is 2.13. The van der Waals surface area contributed by atoms with Gasteiger partial charge in [-0.15, -0.1) is 0 Å². The van der Waals surface area contributed by atoms with Gasteiger partial charge in [0.05, 0.1) is 17.3 Å². The second kappa shape index (κ2) is 6.14. The lowest BCUT2D eigenvalue weighted by molar-refractivity contribution is -0.387. The SMILES string of the molecule is CCCn1cc(OCc2ccc([N+](=O)[O-])c(F)c2)cn1. The molecular formula is C13H14FN3O3. The maximum absolute atomic E-state index is 13.4. The molecule has 0 atom stereocenters. The average Bonchev–Trinajstić information content (AvgIpc) is 2.84. The summed E-state index contributed by atoms with van der Waals surface area (Å²) in [5.74, 6) is -0.282. The minimum absolute atomic E-state index is 0.132. The van der Waals surface area contributed by atoms with E-state index in [4.69, 9.17) is 4.74 Å². The van der Waals surface area contributed by atoms with Gasteiger partial charge in [-0.05, 0) is 24.1 Å². The molecule has 1 aromatic carbocycles. The molecule has 7 heteroatoms. The van der Waals surface area contributed by atoms with E-state index >= 15 is 0 Å². The molecule has 0 radical (unpaired) electrons. The van der Waals surface area contributed by atoms with Crippen molar-refractivity contribution >= 4 is 5.69 Å². The lowest BCUT2D eigenvalue weighted by Gasteiger charge is -2.04. The van der Waals surface area contributed by atoms with Crippen molar-refractivity contribution in [3.05, 3.63) is 52.1 Å². The Morgan fingerprint density at radius 3 is 2.95 bits per heavy atom. The van der Waals surface area contributed by atoms with Crippen molar-refractivity contribution in [3.63, 3.8) is 0 Å². The molecular weight excluding hydrogens is 265 g/mol. The van der Waals surface area contributed by atoms with Crippen molar-refractivity contribution in [2.75, 3.05) is 0 Å². The minimum Gasteiger partial charge on any atom is -0.486 e. The zero-order valence-electron chi connectivity index (χ0n) is 11.0. The maximum Gasteiger partial charge on any atom is 0.304 e. The van der Waals surface area contributed by atoms with Crippen molar-refractivity contribution in [2.45, 2.75) is 26.5 Å². The van der Waals surface area contributed by atoms with Crippen LogP contribution in [0.3, 0.4) is 0 Å². The molecule has 0 bridgehead atoms. The molecule has 0 unspecified atom stereocenters. The lowest BCUT2D eigenvalue weighted by atomic mass is 10.2. The van der Waals surface area contributed by atoms with Gasteiger partial charge in [0, 0.05) is 12.6 Å². The van der Waals surface area contributed by atoms with Crippen LogP contribution in [0.4, 0.5) is 10.1 Å². The number of nitro benzene ring substituents is 1. The van der Waals surface area contributed by atoms with E-state index in [1.54, 1.807) is 17.1 Å². The largest absolute Gasteiger partial charge is 0.486 e. The summed E-state index contributed by atoms with van der Waals surface area (Å²) in [6.45, 7) is 2.98. The molecule has 0 amide bonds. The molecule has 0 aliphatic carbocycles. The Labute approximate surface area is 114 Å². The van der Waals surface area contributed by atoms with Crippen molar-refractivity contribution in [2.24, 2.45) is 0 Å². The number of benzene rings is 1. The summed E-state index contributed by atoms with van der Waals surface area (Å²) in [6.07, 6.45) is 4.30. The van der Waals surface area contributed by atoms with Crippen molar-refractivity contribution < 1.29 is 14.1 Å². The first-order valence-electron chi connectivity index (χ1n) is 6.18. The molecule has 106 valence electrons. The second-order valence-electron chi connectivity index (χ2n) is 4.27. The summed E-state index contributed by atoms with van der Waals surface area (Å²) < 4.78 is 20.6. The van der Waals surface area contributed by atoms with Crippen molar-refractivity contribution in [1.82, 2.24) is 9.78 Å². The zero-order valence-corrected chi connectivity index (χ0v) is 11.0. The van der Waals surface area contributed by atoms with E-state index in [0.717, 1.165) is 25.1 Å². The molecule has 0 aliphatic rings. The summed E-state index contributed by atoms with van der Waals surface area (Å²) in [4.78, 5) is 9.74. The van der Waals surface area contributed by atoms with Crippen molar-refractivity contribution in [3.8, 4) is 5.75 Å². The molecule has 0 aliphatic heterocycles. The smallest absolute Gasteiger partial charge is 0.304 e. The number of rotatable bonds is 6. The Kier molecular flexibility index (Phi) is 4.29. The van der Waals surface area contributed by atoms with Gasteiger partial charge in [0.2, 0.25) is 5.82 Å². The Hall–Kier alpha value is -2.44. The van der Waals surface area contributed by atoms with Gasteiger partial charge >= 0.3 is 5.69 Å². The topological polar surface area (TPSA) is 70.2 Å². The molecule has 2 aromatic rings. The number of halogens is 1. The minimum atomic E-state index is -0.863. The van der Waals surface area contributed by atoms with E-state index in [2.05, 4.69) is 5.10 Å². The monoisotopic (exact) mass is 279 g/mol. The molecule has 0 fully saturated rings. The van der Waals surface area contributed by atoms with Crippen LogP contribution in [0.15, 0.2) is 30.6 Å². The van der Waals surface area contributed by atoms with Gasteiger partial charge in [-0.1, -0.05) is 6.92 Å². The molecule has 2 rings (SSSR count). The third-order valence-corrected chi connectivity index (χ3v) is 2.68. The quantitative estimate of drug-likeness (QED) is 0.602. The average molecular weight is 279 g/mol. The highest BCUT2D eigenvalue weighted by molar-refractivity contribution is 5.34. The van der Waals surface area contributed by atoms with Crippen LogP contribution in [-0.2, 0) is 13.2 Å². The number of aromatic nitrogens is 2. The van der Waals surface area contributed by atoms with Gasteiger partial charge < -0.3 is 4.74 Å². The fourth-order valence-electron chi connectivity index (χ4n) is 1.73. The third kappa shape index (κ3) is 3.31. The van der Waals surface area contributed by atoms with E-state index in [1.165, 1.54) is 6.07 Å². The van der Waals surface area contributed by atoms with Gasteiger partial charge in [0.1, 0.15) is 6.61 Å². The summed E-state index contributed by atoms with van der Waals surface area (Å²) in [7, 11) is 0. The van der Waals surface area contributed by atoms with Crippen molar-refractivity contribution in [1.29, 1.82) is 0 Å². The van der Waals surface area contributed by atoms with Crippen LogP contribution in [0.2, 0.25) is 0 Å².